The molecule has 1 unspecified atom stereocenters. The van der Waals surface area contributed by atoms with Gasteiger partial charge in [-0.25, -0.2) is 9.78 Å². The number of ether oxygens (including phenoxy) is 1. The van der Waals surface area contributed by atoms with E-state index in [9.17, 15) is 4.79 Å². The Morgan fingerprint density at radius 3 is 2.50 bits per heavy atom. The highest BCUT2D eigenvalue weighted by Crippen LogP contribution is 2.24. The van der Waals surface area contributed by atoms with E-state index in [1.165, 1.54) is 24.2 Å². The largest absolute Gasteiger partial charge is 0.462 e. The molecule has 2 N–H and O–H groups in total. The van der Waals surface area contributed by atoms with Gasteiger partial charge in [-0.05, 0) is 59.7 Å². The fraction of sp³-hybridized carbons (Fsp3) is 0.750. The number of thiazole rings is 1. The molecule has 0 aromatic carbocycles. The second-order valence-electron chi connectivity index (χ2n) is 6.75. The Morgan fingerprint density at radius 2 is 1.93 bits per heavy atom. The van der Waals surface area contributed by atoms with Crippen LogP contribution >= 0.6 is 11.3 Å². The molecule has 1 rings (SSSR count). The van der Waals surface area contributed by atoms with E-state index >= 15 is 0 Å². The highest BCUT2D eigenvalue weighted by Gasteiger charge is 2.20. The number of nitrogens with one attached hydrogen (secondary N) is 2. The van der Waals surface area contributed by atoms with E-state index in [1.807, 2.05) is 13.8 Å². The molecular formula is C20H37N5O2S. The van der Waals surface area contributed by atoms with Crippen LogP contribution in [0.1, 0.15) is 73.4 Å². The van der Waals surface area contributed by atoms with Crippen molar-refractivity contribution in [1.29, 1.82) is 0 Å². The number of hydrogen-bond donors (Lipinski definition) is 2. The number of hydrogen-bond acceptors (Lipinski definition) is 6. The van der Waals surface area contributed by atoms with Crippen LogP contribution in [-0.2, 0) is 4.74 Å². The lowest BCUT2D eigenvalue weighted by Crippen LogP contribution is -2.40. The van der Waals surface area contributed by atoms with Crippen molar-refractivity contribution in [3.8, 4) is 0 Å². The second kappa shape index (κ2) is 13.5. The number of aryl methyl sites for hydroxylation is 1. The zero-order chi connectivity index (χ0) is 20.9. The fourth-order valence-electron chi connectivity index (χ4n) is 2.93. The first-order chi connectivity index (χ1) is 13.5. The number of nitrogens with zero attached hydrogens (tertiary/aromatic N) is 3. The van der Waals surface area contributed by atoms with Gasteiger partial charge < -0.3 is 20.3 Å². The van der Waals surface area contributed by atoms with Gasteiger partial charge in [0, 0.05) is 13.6 Å². The number of carbonyl (C=O) groups excluding carboxylic acids is 1. The summed E-state index contributed by atoms with van der Waals surface area (Å²) in [5.74, 6) is 0.442. The number of esters is 1. The Bertz CT molecular complexity index is 612. The van der Waals surface area contributed by atoms with Gasteiger partial charge in [-0.1, -0.05) is 13.8 Å². The van der Waals surface area contributed by atoms with Crippen molar-refractivity contribution in [2.75, 3.05) is 39.8 Å². The fourth-order valence-corrected chi connectivity index (χ4v) is 3.89. The molecule has 8 heteroatoms. The van der Waals surface area contributed by atoms with Crippen LogP contribution in [0, 0.1) is 6.92 Å². The Labute approximate surface area is 174 Å². The van der Waals surface area contributed by atoms with Crippen LogP contribution in [0.25, 0.3) is 0 Å². The van der Waals surface area contributed by atoms with Crippen LogP contribution < -0.4 is 10.6 Å². The van der Waals surface area contributed by atoms with Crippen LogP contribution in [0.3, 0.4) is 0 Å². The lowest BCUT2D eigenvalue weighted by molar-refractivity contribution is 0.0531. The summed E-state index contributed by atoms with van der Waals surface area (Å²) in [4.78, 5) is 23.9. The van der Waals surface area contributed by atoms with E-state index in [2.05, 4.69) is 39.4 Å². The lowest BCUT2D eigenvalue weighted by Gasteiger charge is -2.21. The molecule has 1 atom stereocenters. The number of carbonyl (C=O) groups is 1. The molecule has 160 valence electrons. The predicted molar refractivity (Wildman–Crippen MR) is 117 cm³/mol. The first kappa shape index (κ1) is 24.4. The SMILES string of the molecule is CCCN(CCC)CCCNC(=NC)NC(C)c1nc(C)c(C(=O)OCC)s1. The van der Waals surface area contributed by atoms with E-state index in [1.54, 1.807) is 14.0 Å². The maximum atomic E-state index is 12.0. The molecule has 1 aromatic heterocycles. The molecule has 0 saturated heterocycles. The monoisotopic (exact) mass is 411 g/mol. The standard InChI is InChI=1S/C20H37N5O2S/c1-7-12-25(13-8-2)14-10-11-22-20(21-6)24-16(5)18-23-15(4)17(28-18)19(26)27-9-3/h16H,7-14H2,1-6H3,(H2,21,22,24). The van der Waals surface area contributed by atoms with Gasteiger partial charge in [0.2, 0.25) is 0 Å². The van der Waals surface area contributed by atoms with Gasteiger partial charge in [0.1, 0.15) is 9.88 Å². The van der Waals surface area contributed by atoms with Gasteiger partial charge in [0.15, 0.2) is 5.96 Å². The molecule has 28 heavy (non-hydrogen) atoms. The smallest absolute Gasteiger partial charge is 0.350 e. The summed E-state index contributed by atoms with van der Waals surface area (Å²) in [5.41, 5.74) is 0.710. The van der Waals surface area contributed by atoms with Crippen LogP contribution in [-0.4, -0.2) is 61.6 Å². The Morgan fingerprint density at radius 1 is 1.25 bits per heavy atom. The molecule has 0 bridgehead atoms. The highest BCUT2D eigenvalue weighted by molar-refractivity contribution is 7.13. The summed E-state index contributed by atoms with van der Waals surface area (Å²) in [6.07, 6.45) is 3.45. The minimum absolute atomic E-state index is 0.0465. The van der Waals surface area contributed by atoms with Gasteiger partial charge in [-0.2, -0.15) is 0 Å². The summed E-state index contributed by atoms with van der Waals surface area (Å²) in [5, 5.41) is 7.57. The molecular weight excluding hydrogens is 374 g/mol. The van der Waals surface area contributed by atoms with Crippen LogP contribution in [0.2, 0.25) is 0 Å². The highest BCUT2D eigenvalue weighted by atomic mass is 32.1. The van der Waals surface area contributed by atoms with E-state index in [0.29, 0.717) is 17.2 Å². The molecule has 1 heterocycles. The molecule has 1 aromatic rings. The first-order valence-electron chi connectivity index (χ1n) is 10.3. The number of aromatic nitrogens is 1. The summed E-state index contributed by atoms with van der Waals surface area (Å²) in [6, 6.07) is -0.0465. The molecule has 0 aliphatic carbocycles. The van der Waals surface area contributed by atoms with Crippen molar-refractivity contribution >= 4 is 23.3 Å². The van der Waals surface area contributed by atoms with Gasteiger partial charge >= 0.3 is 5.97 Å². The van der Waals surface area contributed by atoms with E-state index < -0.39 is 0 Å². The molecule has 0 fully saturated rings. The minimum atomic E-state index is -0.304. The maximum Gasteiger partial charge on any atom is 0.350 e. The van der Waals surface area contributed by atoms with Crippen molar-refractivity contribution in [3.05, 3.63) is 15.6 Å². The van der Waals surface area contributed by atoms with Crippen molar-refractivity contribution in [1.82, 2.24) is 20.5 Å². The third kappa shape index (κ3) is 8.14. The second-order valence-corrected chi connectivity index (χ2v) is 7.78. The minimum Gasteiger partial charge on any atom is -0.462 e. The third-order valence-electron chi connectivity index (χ3n) is 4.24. The molecule has 7 nitrogen and oxygen atoms in total. The van der Waals surface area contributed by atoms with Crippen LogP contribution in [0.5, 0.6) is 0 Å². The van der Waals surface area contributed by atoms with Gasteiger partial charge in [-0.15, -0.1) is 11.3 Å². The normalized spacial score (nSPS) is 12.9. The molecule has 0 amide bonds. The summed E-state index contributed by atoms with van der Waals surface area (Å²) in [6.45, 7) is 14.7. The first-order valence-corrected chi connectivity index (χ1v) is 11.1. The molecule has 0 aliphatic rings. The quantitative estimate of drug-likeness (QED) is 0.238. The van der Waals surface area contributed by atoms with E-state index in [-0.39, 0.29) is 12.0 Å². The summed E-state index contributed by atoms with van der Waals surface area (Å²) in [7, 11) is 1.76. The molecule has 0 saturated carbocycles. The van der Waals surface area contributed by atoms with Crippen LogP contribution in [0.4, 0.5) is 0 Å². The van der Waals surface area contributed by atoms with Crippen molar-refractivity contribution in [2.45, 2.75) is 59.9 Å². The summed E-state index contributed by atoms with van der Waals surface area (Å²) < 4.78 is 5.09. The third-order valence-corrected chi connectivity index (χ3v) is 5.56. The van der Waals surface area contributed by atoms with Gasteiger partial charge in [-0.3, -0.25) is 4.99 Å². The van der Waals surface area contributed by atoms with Crippen molar-refractivity contribution < 1.29 is 9.53 Å². The average molecular weight is 412 g/mol. The van der Waals surface area contributed by atoms with Gasteiger partial charge in [0.05, 0.1) is 18.3 Å². The van der Waals surface area contributed by atoms with Crippen LogP contribution in [0.15, 0.2) is 4.99 Å². The van der Waals surface area contributed by atoms with Gasteiger partial charge in [0.25, 0.3) is 0 Å². The van der Waals surface area contributed by atoms with Crippen molar-refractivity contribution in [2.24, 2.45) is 4.99 Å². The number of guanidine groups is 1. The Balaban J connectivity index is 2.52. The number of aliphatic imine (C=N–C) groups is 1. The zero-order valence-corrected chi connectivity index (χ0v) is 19.1. The van der Waals surface area contributed by atoms with E-state index in [4.69, 9.17) is 4.74 Å². The molecule has 0 aliphatic heterocycles. The maximum absolute atomic E-state index is 12.0. The Kier molecular flexibility index (Phi) is 11.7. The Hall–Kier alpha value is -1.67. The lowest BCUT2D eigenvalue weighted by atomic mass is 10.3. The van der Waals surface area contributed by atoms with E-state index in [0.717, 1.165) is 43.6 Å². The molecule has 0 spiro atoms. The molecule has 0 radical (unpaired) electrons. The zero-order valence-electron chi connectivity index (χ0n) is 18.3. The topological polar surface area (TPSA) is 78.9 Å². The predicted octanol–water partition coefficient (Wildman–Crippen LogP) is 3.37. The van der Waals surface area contributed by atoms with Crippen molar-refractivity contribution in [3.63, 3.8) is 0 Å². The summed E-state index contributed by atoms with van der Waals surface area (Å²) >= 11 is 1.37. The number of rotatable bonds is 12. The average Bonchev–Trinajstić information content (AvgIpc) is 3.06.